The summed E-state index contributed by atoms with van der Waals surface area (Å²) in [6.07, 6.45) is 2.39. The van der Waals surface area contributed by atoms with Gasteiger partial charge in [0.15, 0.2) is 0 Å². The summed E-state index contributed by atoms with van der Waals surface area (Å²) in [7, 11) is 1.71. The summed E-state index contributed by atoms with van der Waals surface area (Å²) in [5.74, 6) is 1.55. The Bertz CT molecular complexity index is 336. The Hall–Kier alpha value is -1.02. The molecular formula is C15H25NO. The molecule has 17 heavy (non-hydrogen) atoms. The summed E-state index contributed by atoms with van der Waals surface area (Å²) >= 11 is 0. The lowest BCUT2D eigenvalue weighted by Gasteiger charge is -2.15. The monoisotopic (exact) mass is 235 g/mol. The molecule has 0 aromatic heterocycles. The third-order valence-corrected chi connectivity index (χ3v) is 3.19. The zero-order chi connectivity index (χ0) is 12.7. The van der Waals surface area contributed by atoms with Crippen LogP contribution in [0.4, 0.5) is 0 Å². The average molecular weight is 235 g/mol. The largest absolute Gasteiger partial charge is 0.497 e. The molecule has 0 saturated carbocycles. The van der Waals surface area contributed by atoms with Gasteiger partial charge in [-0.3, -0.25) is 0 Å². The Balaban J connectivity index is 2.53. The molecule has 0 radical (unpaired) electrons. The molecule has 1 rings (SSSR count). The molecule has 0 saturated heterocycles. The first-order valence-electron chi connectivity index (χ1n) is 6.54. The molecule has 0 spiro atoms. The number of benzene rings is 1. The predicted octanol–water partition coefficient (Wildman–Crippen LogP) is 3.50. The minimum atomic E-state index is 0.602. The summed E-state index contributed by atoms with van der Waals surface area (Å²) in [5, 5.41) is 3.45. The van der Waals surface area contributed by atoms with E-state index in [9.17, 15) is 0 Å². The van der Waals surface area contributed by atoms with Crippen LogP contribution in [0.1, 0.15) is 43.7 Å². The second-order valence-corrected chi connectivity index (χ2v) is 4.66. The van der Waals surface area contributed by atoms with Crippen LogP contribution in [0.5, 0.6) is 5.75 Å². The predicted molar refractivity (Wildman–Crippen MR) is 73.9 cm³/mol. The summed E-state index contributed by atoms with van der Waals surface area (Å²) in [6.45, 7) is 8.87. The van der Waals surface area contributed by atoms with E-state index in [2.05, 4.69) is 44.3 Å². The van der Waals surface area contributed by atoms with E-state index in [1.807, 2.05) is 0 Å². The molecule has 0 fully saturated rings. The van der Waals surface area contributed by atoms with E-state index in [1.165, 1.54) is 24.0 Å². The topological polar surface area (TPSA) is 21.3 Å². The highest BCUT2D eigenvalue weighted by atomic mass is 16.5. The molecule has 1 aromatic rings. The minimum Gasteiger partial charge on any atom is -0.497 e. The van der Waals surface area contributed by atoms with Crippen LogP contribution in [0.15, 0.2) is 18.2 Å². The highest BCUT2D eigenvalue weighted by Crippen LogP contribution is 2.25. The first-order valence-corrected chi connectivity index (χ1v) is 6.54. The SMILES string of the molecule is CCCNCCC(C)c1ccc(OC)cc1C. The van der Waals surface area contributed by atoms with Crippen LogP contribution in [0.2, 0.25) is 0 Å². The standard InChI is InChI=1S/C15H25NO/c1-5-9-16-10-8-12(2)15-7-6-14(17-4)11-13(15)3/h6-7,11-12,16H,5,8-10H2,1-4H3. The van der Waals surface area contributed by atoms with E-state index >= 15 is 0 Å². The Morgan fingerprint density at radius 3 is 2.65 bits per heavy atom. The Morgan fingerprint density at radius 2 is 2.06 bits per heavy atom. The first-order chi connectivity index (χ1) is 8.19. The van der Waals surface area contributed by atoms with Crippen LogP contribution in [-0.2, 0) is 0 Å². The molecule has 0 amide bonds. The third kappa shape index (κ3) is 4.39. The average Bonchev–Trinajstić information content (AvgIpc) is 2.34. The van der Waals surface area contributed by atoms with Gasteiger partial charge < -0.3 is 10.1 Å². The zero-order valence-electron chi connectivity index (χ0n) is 11.5. The molecule has 2 nitrogen and oxygen atoms in total. The number of hydrogen-bond acceptors (Lipinski definition) is 2. The number of methoxy groups -OCH3 is 1. The smallest absolute Gasteiger partial charge is 0.119 e. The lowest BCUT2D eigenvalue weighted by molar-refractivity contribution is 0.414. The van der Waals surface area contributed by atoms with Gasteiger partial charge in [-0.2, -0.15) is 0 Å². The summed E-state index contributed by atoms with van der Waals surface area (Å²) < 4.78 is 5.23. The molecule has 0 aliphatic carbocycles. The van der Waals surface area contributed by atoms with E-state index in [0.29, 0.717) is 5.92 Å². The van der Waals surface area contributed by atoms with E-state index in [1.54, 1.807) is 7.11 Å². The van der Waals surface area contributed by atoms with E-state index in [-0.39, 0.29) is 0 Å². The van der Waals surface area contributed by atoms with Gasteiger partial charge in [-0.15, -0.1) is 0 Å². The van der Waals surface area contributed by atoms with Gasteiger partial charge in [0.2, 0.25) is 0 Å². The summed E-state index contributed by atoms with van der Waals surface area (Å²) in [6, 6.07) is 6.36. The molecule has 2 heteroatoms. The number of ether oxygens (including phenoxy) is 1. The summed E-state index contributed by atoms with van der Waals surface area (Å²) in [5.41, 5.74) is 2.76. The van der Waals surface area contributed by atoms with Gasteiger partial charge in [0.25, 0.3) is 0 Å². The van der Waals surface area contributed by atoms with Crippen molar-refractivity contribution in [2.75, 3.05) is 20.2 Å². The highest BCUT2D eigenvalue weighted by molar-refractivity contribution is 5.36. The van der Waals surface area contributed by atoms with Crippen molar-refractivity contribution in [1.29, 1.82) is 0 Å². The normalized spacial score (nSPS) is 12.5. The molecule has 1 aromatic carbocycles. The van der Waals surface area contributed by atoms with Gasteiger partial charge >= 0.3 is 0 Å². The van der Waals surface area contributed by atoms with Crippen LogP contribution >= 0.6 is 0 Å². The minimum absolute atomic E-state index is 0.602. The van der Waals surface area contributed by atoms with Crippen molar-refractivity contribution in [2.24, 2.45) is 0 Å². The van der Waals surface area contributed by atoms with Gasteiger partial charge in [0.1, 0.15) is 5.75 Å². The first kappa shape index (κ1) is 14.0. The number of aryl methyl sites for hydroxylation is 1. The van der Waals surface area contributed by atoms with Crippen molar-refractivity contribution in [2.45, 2.75) is 39.5 Å². The van der Waals surface area contributed by atoms with Crippen molar-refractivity contribution in [3.05, 3.63) is 29.3 Å². The molecule has 0 aliphatic rings. The van der Waals surface area contributed by atoms with E-state index < -0.39 is 0 Å². The Labute approximate surface area is 105 Å². The van der Waals surface area contributed by atoms with Crippen LogP contribution in [-0.4, -0.2) is 20.2 Å². The quantitative estimate of drug-likeness (QED) is 0.730. The maximum Gasteiger partial charge on any atom is 0.119 e. The van der Waals surface area contributed by atoms with Crippen molar-refractivity contribution < 1.29 is 4.74 Å². The molecular weight excluding hydrogens is 210 g/mol. The van der Waals surface area contributed by atoms with Gasteiger partial charge in [-0.25, -0.2) is 0 Å². The summed E-state index contributed by atoms with van der Waals surface area (Å²) in [4.78, 5) is 0. The number of nitrogens with one attached hydrogen (secondary N) is 1. The van der Waals surface area contributed by atoms with Gasteiger partial charge in [0, 0.05) is 0 Å². The number of hydrogen-bond donors (Lipinski definition) is 1. The maximum absolute atomic E-state index is 5.23. The maximum atomic E-state index is 5.23. The van der Waals surface area contributed by atoms with Gasteiger partial charge in [0.05, 0.1) is 7.11 Å². The molecule has 0 aliphatic heterocycles. The molecule has 0 bridgehead atoms. The van der Waals surface area contributed by atoms with E-state index in [0.717, 1.165) is 18.8 Å². The number of rotatable bonds is 7. The third-order valence-electron chi connectivity index (χ3n) is 3.19. The van der Waals surface area contributed by atoms with Crippen LogP contribution in [0, 0.1) is 6.92 Å². The van der Waals surface area contributed by atoms with Crippen LogP contribution < -0.4 is 10.1 Å². The second kappa shape index (κ2) is 7.33. The molecule has 0 heterocycles. The van der Waals surface area contributed by atoms with Crippen molar-refractivity contribution in [3.8, 4) is 5.75 Å². The lowest BCUT2D eigenvalue weighted by Crippen LogP contribution is -2.17. The fourth-order valence-corrected chi connectivity index (χ4v) is 2.10. The molecule has 1 atom stereocenters. The van der Waals surface area contributed by atoms with Crippen LogP contribution in [0.3, 0.4) is 0 Å². The fraction of sp³-hybridized carbons (Fsp3) is 0.600. The molecule has 1 N–H and O–H groups in total. The fourth-order valence-electron chi connectivity index (χ4n) is 2.10. The Kier molecular flexibility index (Phi) is 6.06. The lowest BCUT2D eigenvalue weighted by atomic mass is 9.93. The molecule has 96 valence electrons. The Morgan fingerprint density at radius 1 is 1.29 bits per heavy atom. The van der Waals surface area contributed by atoms with Crippen molar-refractivity contribution >= 4 is 0 Å². The zero-order valence-corrected chi connectivity index (χ0v) is 11.5. The van der Waals surface area contributed by atoms with Crippen molar-refractivity contribution in [1.82, 2.24) is 5.32 Å². The second-order valence-electron chi connectivity index (χ2n) is 4.66. The van der Waals surface area contributed by atoms with Gasteiger partial charge in [-0.05, 0) is 62.0 Å². The molecule has 1 unspecified atom stereocenters. The van der Waals surface area contributed by atoms with Crippen LogP contribution in [0.25, 0.3) is 0 Å². The highest BCUT2D eigenvalue weighted by Gasteiger charge is 2.08. The van der Waals surface area contributed by atoms with E-state index in [4.69, 9.17) is 4.74 Å². The van der Waals surface area contributed by atoms with Gasteiger partial charge in [-0.1, -0.05) is 19.9 Å². The van der Waals surface area contributed by atoms with Crippen molar-refractivity contribution in [3.63, 3.8) is 0 Å².